The molecule has 0 atom stereocenters. The van der Waals surface area contributed by atoms with Crippen LogP contribution in [0, 0.1) is 6.92 Å². The van der Waals surface area contributed by atoms with Gasteiger partial charge in [-0.25, -0.2) is 0 Å². The van der Waals surface area contributed by atoms with Crippen LogP contribution in [-0.4, -0.2) is 23.0 Å². The molecule has 0 fully saturated rings. The standard InChI is InChI=1S/C53H74O6/c1-11-50(56)58-53-46(45(10)52(47-32-12-13-33-48(47)53)59-51(57)37-36-49(54)55)35-34-44(9)31-19-30-43(8)29-18-28-42(7)27-17-26-41(6)25-16-24-40(5)23-15-22-39(4)21-14-20-38(2)3/h12-13,20,22,24,26,28,30,32-34H,11,14-19,21,23,25,27,29,31,35-37H2,1-10H3,(H,54,55). The third-order valence-electron chi connectivity index (χ3n) is 10.7. The molecule has 0 aliphatic carbocycles. The quantitative estimate of drug-likeness (QED) is 0.0578. The Kier molecular flexibility index (Phi) is 23.8. The van der Waals surface area contributed by atoms with Crippen LogP contribution in [0.5, 0.6) is 11.5 Å². The van der Waals surface area contributed by atoms with E-state index in [9.17, 15) is 14.4 Å². The maximum atomic E-state index is 12.6. The second-order valence-corrected chi connectivity index (χ2v) is 16.5. The summed E-state index contributed by atoms with van der Waals surface area (Å²) in [7, 11) is 0. The molecule has 6 heteroatoms. The molecule has 0 saturated heterocycles. The van der Waals surface area contributed by atoms with Crippen LogP contribution in [0.4, 0.5) is 0 Å². The van der Waals surface area contributed by atoms with Crippen LogP contribution in [0.2, 0.25) is 0 Å². The summed E-state index contributed by atoms with van der Waals surface area (Å²) in [5, 5.41) is 10.4. The molecular formula is C53H74O6. The minimum Gasteiger partial charge on any atom is -0.481 e. The van der Waals surface area contributed by atoms with E-state index in [4.69, 9.17) is 14.6 Å². The molecule has 0 radical (unpaired) electrons. The lowest BCUT2D eigenvalue weighted by Gasteiger charge is -2.19. The Balaban J connectivity index is 1.90. The second-order valence-electron chi connectivity index (χ2n) is 16.5. The highest BCUT2D eigenvalue weighted by molar-refractivity contribution is 5.99. The number of carbonyl (C=O) groups is 3. The van der Waals surface area contributed by atoms with Gasteiger partial charge < -0.3 is 14.6 Å². The number of carboxylic acids is 1. The monoisotopic (exact) mass is 807 g/mol. The lowest BCUT2D eigenvalue weighted by molar-refractivity contribution is -0.142. The van der Waals surface area contributed by atoms with E-state index in [1.807, 2.05) is 31.2 Å². The first-order valence-corrected chi connectivity index (χ1v) is 21.9. The molecule has 2 aromatic rings. The van der Waals surface area contributed by atoms with Crippen LogP contribution in [0.3, 0.4) is 0 Å². The van der Waals surface area contributed by atoms with Gasteiger partial charge in [0.25, 0.3) is 0 Å². The molecular weight excluding hydrogens is 733 g/mol. The summed E-state index contributed by atoms with van der Waals surface area (Å²) in [6.07, 6.45) is 29.6. The van der Waals surface area contributed by atoms with Crippen LogP contribution in [0.15, 0.2) is 106 Å². The van der Waals surface area contributed by atoms with Gasteiger partial charge in [-0.1, -0.05) is 113 Å². The smallest absolute Gasteiger partial charge is 0.311 e. The van der Waals surface area contributed by atoms with Gasteiger partial charge in [0.1, 0.15) is 11.5 Å². The summed E-state index contributed by atoms with van der Waals surface area (Å²) in [5.74, 6) is -1.19. The lowest BCUT2D eigenvalue weighted by Crippen LogP contribution is -2.13. The van der Waals surface area contributed by atoms with Crippen molar-refractivity contribution in [3.63, 3.8) is 0 Å². The number of hydrogen-bond donors (Lipinski definition) is 1. The molecule has 0 amide bonds. The van der Waals surface area contributed by atoms with E-state index in [-0.39, 0.29) is 25.2 Å². The summed E-state index contributed by atoms with van der Waals surface area (Å²) in [6.45, 7) is 21.3. The number of benzene rings is 2. The molecule has 0 aromatic heterocycles. The molecule has 59 heavy (non-hydrogen) atoms. The molecule has 0 spiro atoms. The van der Waals surface area contributed by atoms with Crippen LogP contribution in [0.1, 0.15) is 170 Å². The van der Waals surface area contributed by atoms with Crippen molar-refractivity contribution in [2.24, 2.45) is 0 Å². The fourth-order valence-electron chi connectivity index (χ4n) is 6.81. The number of rotatable bonds is 26. The lowest BCUT2D eigenvalue weighted by atomic mass is 9.95. The van der Waals surface area contributed by atoms with E-state index in [0.717, 1.165) is 82.6 Å². The van der Waals surface area contributed by atoms with E-state index < -0.39 is 11.9 Å². The van der Waals surface area contributed by atoms with Gasteiger partial charge in [0.15, 0.2) is 0 Å². The summed E-state index contributed by atoms with van der Waals surface area (Å²) < 4.78 is 11.7. The average Bonchev–Trinajstić information content (AvgIpc) is 3.18. The van der Waals surface area contributed by atoms with E-state index in [1.165, 1.54) is 39.0 Å². The fraction of sp³-hybridized carbons (Fsp3) is 0.491. The first kappa shape index (κ1) is 50.4. The number of carboxylic acid groups (broad SMARTS) is 1. The largest absolute Gasteiger partial charge is 0.481 e. The van der Waals surface area contributed by atoms with E-state index in [1.54, 1.807) is 6.92 Å². The van der Waals surface area contributed by atoms with E-state index in [2.05, 4.69) is 97.9 Å². The molecule has 322 valence electrons. The zero-order valence-electron chi connectivity index (χ0n) is 38.2. The van der Waals surface area contributed by atoms with Gasteiger partial charge in [0, 0.05) is 22.8 Å². The number of hydrogen-bond acceptors (Lipinski definition) is 5. The topological polar surface area (TPSA) is 89.9 Å². The highest BCUT2D eigenvalue weighted by atomic mass is 16.5. The number of fused-ring (bicyclic) bond motifs is 1. The number of allylic oxidation sites excluding steroid dienone is 14. The van der Waals surface area contributed by atoms with Crippen LogP contribution in [-0.2, 0) is 20.8 Å². The Morgan fingerprint density at radius 1 is 0.508 bits per heavy atom. The highest BCUT2D eigenvalue weighted by Gasteiger charge is 2.22. The zero-order chi connectivity index (χ0) is 43.7. The molecule has 0 unspecified atom stereocenters. The van der Waals surface area contributed by atoms with E-state index in [0.29, 0.717) is 34.3 Å². The summed E-state index contributed by atoms with van der Waals surface area (Å²) in [6, 6.07) is 7.35. The predicted octanol–water partition coefficient (Wildman–Crippen LogP) is 15.1. The van der Waals surface area contributed by atoms with Crippen molar-refractivity contribution in [3.05, 3.63) is 117 Å². The van der Waals surface area contributed by atoms with Crippen LogP contribution in [0.25, 0.3) is 10.8 Å². The molecule has 1 N–H and O–H groups in total. The van der Waals surface area contributed by atoms with Crippen molar-refractivity contribution >= 4 is 28.7 Å². The van der Waals surface area contributed by atoms with Gasteiger partial charge in [-0.2, -0.15) is 0 Å². The number of aliphatic carboxylic acids is 1. The summed E-state index contributed by atoms with van der Waals surface area (Å²) in [5.41, 5.74) is 11.4. The fourth-order valence-corrected chi connectivity index (χ4v) is 6.81. The minimum atomic E-state index is -1.06. The highest BCUT2D eigenvalue weighted by Crippen LogP contribution is 2.41. The van der Waals surface area contributed by atoms with Crippen molar-refractivity contribution in [1.82, 2.24) is 0 Å². The van der Waals surface area contributed by atoms with Crippen LogP contribution < -0.4 is 9.47 Å². The number of carbonyl (C=O) groups excluding carboxylic acids is 2. The normalized spacial score (nSPS) is 13.2. The van der Waals surface area contributed by atoms with Crippen molar-refractivity contribution in [3.8, 4) is 11.5 Å². The molecule has 2 aromatic carbocycles. The third kappa shape index (κ3) is 20.7. The predicted molar refractivity (Wildman–Crippen MR) is 248 cm³/mol. The zero-order valence-corrected chi connectivity index (χ0v) is 38.2. The Labute approximate surface area is 356 Å². The Morgan fingerprint density at radius 3 is 1.27 bits per heavy atom. The maximum absolute atomic E-state index is 12.6. The van der Waals surface area contributed by atoms with Crippen LogP contribution >= 0.6 is 0 Å². The number of ether oxygens (including phenoxy) is 2. The average molecular weight is 807 g/mol. The Bertz CT molecular complexity index is 1920. The van der Waals surface area contributed by atoms with Crippen molar-refractivity contribution < 1.29 is 29.0 Å². The van der Waals surface area contributed by atoms with Gasteiger partial charge in [0.05, 0.1) is 12.8 Å². The van der Waals surface area contributed by atoms with Crippen molar-refractivity contribution in [1.29, 1.82) is 0 Å². The summed E-state index contributed by atoms with van der Waals surface area (Å²) >= 11 is 0. The van der Waals surface area contributed by atoms with Gasteiger partial charge in [-0.05, 0) is 151 Å². The Hall–Kier alpha value is -4.71. The first-order valence-electron chi connectivity index (χ1n) is 21.9. The van der Waals surface area contributed by atoms with Crippen molar-refractivity contribution in [2.75, 3.05) is 0 Å². The van der Waals surface area contributed by atoms with Gasteiger partial charge in [-0.3, -0.25) is 14.4 Å². The van der Waals surface area contributed by atoms with Gasteiger partial charge in [-0.15, -0.1) is 0 Å². The number of esters is 2. The Morgan fingerprint density at radius 2 is 0.881 bits per heavy atom. The van der Waals surface area contributed by atoms with Gasteiger partial charge >= 0.3 is 17.9 Å². The molecule has 0 saturated carbocycles. The van der Waals surface area contributed by atoms with Crippen molar-refractivity contribution in [2.45, 2.75) is 172 Å². The van der Waals surface area contributed by atoms with E-state index >= 15 is 0 Å². The molecule has 0 bridgehead atoms. The SMILES string of the molecule is CCC(=O)Oc1c(CC=C(C)CCC=C(C)CCC=C(C)CCC=C(C)CCC=C(C)CCC=C(C)CCC=C(C)C)c(C)c(OC(=O)CCC(=O)O)c2ccccc12. The molecule has 6 nitrogen and oxygen atoms in total. The maximum Gasteiger partial charge on any atom is 0.311 e. The second kappa shape index (κ2) is 27.9. The molecule has 0 aliphatic heterocycles. The third-order valence-corrected chi connectivity index (χ3v) is 10.7. The summed E-state index contributed by atoms with van der Waals surface area (Å²) in [4.78, 5) is 36.2. The molecule has 0 aliphatic rings. The molecule has 2 rings (SSSR count). The molecule has 0 heterocycles. The minimum absolute atomic E-state index is 0.223. The first-order chi connectivity index (χ1) is 28.1. The van der Waals surface area contributed by atoms with Gasteiger partial charge in [0.2, 0.25) is 0 Å².